The molecule has 4 rings (SSSR count). The van der Waals surface area contributed by atoms with E-state index < -0.39 is 0 Å². The zero-order chi connectivity index (χ0) is 23.3. The first-order valence-electron chi connectivity index (χ1n) is 10.8. The molecular weight excluding hydrogens is 408 g/mol. The average Bonchev–Trinajstić information content (AvgIpc) is 2.83. The van der Waals surface area contributed by atoms with E-state index in [1.165, 1.54) is 0 Å². The van der Waals surface area contributed by atoms with Gasteiger partial charge in [-0.3, -0.25) is 9.98 Å². The minimum absolute atomic E-state index is 0.189. The molecule has 0 saturated heterocycles. The highest BCUT2D eigenvalue weighted by Crippen LogP contribution is 2.35. The van der Waals surface area contributed by atoms with E-state index in [0.717, 1.165) is 22.5 Å². The van der Waals surface area contributed by atoms with Gasteiger partial charge in [0, 0.05) is 29.0 Å². The Morgan fingerprint density at radius 2 is 1.18 bits per heavy atom. The molecular formula is C29H26N2O2. The molecule has 0 aliphatic rings. The Kier molecular flexibility index (Phi) is 6.36. The van der Waals surface area contributed by atoms with Gasteiger partial charge in [0.2, 0.25) is 0 Å². The number of aliphatic imine (C=N–C) groups is 2. The van der Waals surface area contributed by atoms with Gasteiger partial charge in [0.05, 0.1) is 11.4 Å². The summed E-state index contributed by atoms with van der Waals surface area (Å²) < 4.78 is 0. The lowest BCUT2D eigenvalue weighted by Crippen LogP contribution is -2.18. The van der Waals surface area contributed by atoms with Gasteiger partial charge in [-0.15, -0.1) is 0 Å². The lowest BCUT2D eigenvalue weighted by atomic mass is 9.77. The molecule has 0 spiro atoms. The van der Waals surface area contributed by atoms with Crippen molar-refractivity contribution in [2.75, 3.05) is 0 Å². The summed E-state index contributed by atoms with van der Waals surface area (Å²) in [6.45, 7) is 4.23. The first-order valence-corrected chi connectivity index (χ1v) is 10.8. The van der Waals surface area contributed by atoms with E-state index in [-0.39, 0.29) is 16.9 Å². The summed E-state index contributed by atoms with van der Waals surface area (Å²) in [7, 11) is 0. The largest absolute Gasteiger partial charge is 0.507 e. The summed E-state index contributed by atoms with van der Waals surface area (Å²) in [5, 5.41) is 20.6. The monoisotopic (exact) mass is 434 g/mol. The predicted octanol–water partition coefficient (Wildman–Crippen LogP) is 6.92. The molecule has 0 saturated carbocycles. The number of para-hydroxylation sites is 2. The van der Waals surface area contributed by atoms with Gasteiger partial charge in [0.25, 0.3) is 0 Å². The van der Waals surface area contributed by atoms with Crippen molar-refractivity contribution in [2.45, 2.75) is 19.3 Å². The molecule has 4 aromatic carbocycles. The van der Waals surface area contributed by atoms with E-state index in [0.29, 0.717) is 11.1 Å². The third-order valence-electron chi connectivity index (χ3n) is 5.72. The Morgan fingerprint density at radius 1 is 0.576 bits per heavy atom. The van der Waals surface area contributed by atoms with E-state index in [4.69, 9.17) is 0 Å². The van der Waals surface area contributed by atoms with Crippen LogP contribution in [-0.4, -0.2) is 22.6 Å². The first kappa shape index (κ1) is 22.0. The number of nitrogens with zero attached hydrogens (tertiary/aromatic N) is 2. The van der Waals surface area contributed by atoms with Crippen molar-refractivity contribution in [3.8, 4) is 11.5 Å². The lowest BCUT2D eigenvalue weighted by molar-refractivity contribution is 0.471. The van der Waals surface area contributed by atoms with Crippen molar-refractivity contribution < 1.29 is 10.2 Å². The van der Waals surface area contributed by atoms with Crippen LogP contribution >= 0.6 is 0 Å². The highest BCUT2D eigenvalue weighted by atomic mass is 16.3. The molecule has 33 heavy (non-hydrogen) atoms. The fourth-order valence-electron chi connectivity index (χ4n) is 3.58. The van der Waals surface area contributed by atoms with Gasteiger partial charge in [0.15, 0.2) is 0 Å². The number of phenols is 2. The zero-order valence-corrected chi connectivity index (χ0v) is 18.7. The quantitative estimate of drug-likeness (QED) is 0.323. The molecule has 4 nitrogen and oxygen atoms in total. The molecule has 0 radical (unpaired) electrons. The molecule has 164 valence electrons. The Labute approximate surface area is 194 Å². The van der Waals surface area contributed by atoms with Crippen LogP contribution in [0.4, 0.5) is 11.4 Å². The summed E-state index contributed by atoms with van der Waals surface area (Å²) in [5.74, 6) is 0.387. The van der Waals surface area contributed by atoms with Gasteiger partial charge in [-0.05, 0) is 59.7 Å². The average molecular weight is 435 g/mol. The van der Waals surface area contributed by atoms with Crippen molar-refractivity contribution in [3.63, 3.8) is 0 Å². The molecule has 0 bridgehead atoms. The number of rotatable bonds is 6. The standard InChI is InChI=1S/C29H26N2O2/c1-29(2,23-10-8-13-26(17-23)31-19-21-9-6-7-14-27(21)32)24-16-15-22(28(33)18-24)20-30-25-11-4-3-5-12-25/h3-20,32-33H,1-2H3. The fourth-order valence-corrected chi connectivity index (χ4v) is 3.58. The maximum atomic E-state index is 10.6. The second-order valence-corrected chi connectivity index (χ2v) is 8.36. The van der Waals surface area contributed by atoms with Crippen LogP contribution in [-0.2, 0) is 5.41 Å². The molecule has 0 amide bonds. The van der Waals surface area contributed by atoms with Crippen molar-refractivity contribution in [2.24, 2.45) is 9.98 Å². The van der Waals surface area contributed by atoms with Crippen molar-refractivity contribution in [3.05, 3.63) is 119 Å². The van der Waals surface area contributed by atoms with Crippen LogP contribution in [0.25, 0.3) is 0 Å². The molecule has 0 aliphatic carbocycles. The van der Waals surface area contributed by atoms with Crippen molar-refractivity contribution in [1.29, 1.82) is 0 Å². The van der Waals surface area contributed by atoms with Gasteiger partial charge in [-0.25, -0.2) is 0 Å². The minimum Gasteiger partial charge on any atom is -0.507 e. The normalized spacial score (nSPS) is 11.9. The molecule has 0 atom stereocenters. The predicted molar refractivity (Wildman–Crippen MR) is 136 cm³/mol. The van der Waals surface area contributed by atoms with Crippen molar-refractivity contribution in [1.82, 2.24) is 0 Å². The second-order valence-electron chi connectivity index (χ2n) is 8.36. The summed E-state index contributed by atoms with van der Waals surface area (Å²) >= 11 is 0. The lowest BCUT2D eigenvalue weighted by Gasteiger charge is -2.26. The third kappa shape index (κ3) is 5.18. The molecule has 0 heterocycles. The molecule has 0 fully saturated rings. The van der Waals surface area contributed by atoms with Crippen LogP contribution < -0.4 is 0 Å². The highest BCUT2D eigenvalue weighted by Gasteiger charge is 2.24. The van der Waals surface area contributed by atoms with E-state index in [2.05, 4.69) is 29.9 Å². The Hall–Kier alpha value is -4.18. The van der Waals surface area contributed by atoms with E-state index >= 15 is 0 Å². The molecule has 0 unspecified atom stereocenters. The van der Waals surface area contributed by atoms with Gasteiger partial charge < -0.3 is 10.2 Å². The number of benzene rings is 4. The Bertz CT molecular complexity index is 1310. The van der Waals surface area contributed by atoms with Gasteiger partial charge in [-0.1, -0.05) is 62.4 Å². The van der Waals surface area contributed by atoms with Gasteiger partial charge in [-0.2, -0.15) is 0 Å². The SMILES string of the molecule is CC(C)(c1cccc(N=Cc2ccccc2O)c1)c1ccc(C=Nc2ccccc2)c(O)c1. The minimum atomic E-state index is -0.354. The highest BCUT2D eigenvalue weighted by molar-refractivity contribution is 5.86. The number of aromatic hydroxyl groups is 2. The smallest absolute Gasteiger partial charge is 0.124 e. The fraction of sp³-hybridized carbons (Fsp3) is 0.103. The first-order chi connectivity index (χ1) is 15.9. The Balaban J connectivity index is 1.58. The summed E-state index contributed by atoms with van der Waals surface area (Å²) in [5.41, 5.74) is 4.66. The Morgan fingerprint density at radius 3 is 1.91 bits per heavy atom. The summed E-state index contributed by atoms with van der Waals surface area (Å²) in [6.07, 6.45) is 3.34. The summed E-state index contributed by atoms with van der Waals surface area (Å²) in [6, 6.07) is 30.4. The van der Waals surface area contributed by atoms with Crippen LogP contribution in [0.3, 0.4) is 0 Å². The molecule has 0 aromatic heterocycles. The van der Waals surface area contributed by atoms with Crippen LogP contribution in [0.5, 0.6) is 11.5 Å². The molecule has 4 aromatic rings. The zero-order valence-electron chi connectivity index (χ0n) is 18.7. The number of phenolic OH excluding ortho intramolecular Hbond substituents is 2. The van der Waals surface area contributed by atoms with Crippen molar-refractivity contribution >= 4 is 23.8 Å². The third-order valence-corrected chi connectivity index (χ3v) is 5.72. The maximum Gasteiger partial charge on any atom is 0.124 e. The van der Waals surface area contributed by atoms with Gasteiger partial charge >= 0.3 is 0 Å². The van der Waals surface area contributed by atoms with E-state index in [9.17, 15) is 10.2 Å². The second kappa shape index (κ2) is 9.53. The van der Waals surface area contributed by atoms with Gasteiger partial charge in [0.1, 0.15) is 11.5 Å². The van der Waals surface area contributed by atoms with E-state index in [1.54, 1.807) is 30.6 Å². The van der Waals surface area contributed by atoms with E-state index in [1.807, 2.05) is 72.8 Å². The number of hydrogen-bond donors (Lipinski definition) is 2. The molecule has 0 aliphatic heterocycles. The maximum absolute atomic E-state index is 10.6. The summed E-state index contributed by atoms with van der Waals surface area (Å²) in [4.78, 5) is 8.97. The van der Waals surface area contributed by atoms with Crippen LogP contribution in [0.15, 0.2) is 107 Å². The van der Waals surface area contributed by atoms with Crippen LogP contribution in [0.2, 0.25) is 0 Å². The number of hydrogen-bond acceptors (Lipinski definition) is 4. The van der Waals surface area contributed by atoms with Crippen LogP contribution in [0.1, 0.15) is 36.1 Å². The van der Waals surface area contributed by atoms with Crippen LogP contribution in [0, 0.1) is 0 Å². The topological polar surface area (TPSA) is 65.2 Å². The molecule has 4 heteroatoms. The molecule has 2 N–H and O–H groups in total.